The molecule has 0 unspecified atom stereocenters. The molecule has 0 radical (unpaired) electrons. The number of nitrogens with one attached hydrogen (secondary N) is 1. The Morgan fingerprint density at radius 2 is 1.97 bits per heavy atom. The number of pyridine rings is 1. The molecule has 2 heterocycles. The van der Waals surface area contributed by atoms with Gasteiger partial charge in [-0.3, -0.25) is 9.78 Å². The van der Waals surface area contributed by atoms with Crippen LogP contribution in [0.2, 0.25) is 5.02 Å². The molecule has 5 nitrogen and oxygen atoms in total. The second kappa shape index (κ2) is 9.05. The number of fused-ring (bicyclic) bond motifs is 1. The van der Waals surface area contributed by atoms with Gasteiger partial charge >= 0.3 is 0 Å². The fourth-order valence-corrected chi connectivity index (χ4v) is 3.60. The molecular weight excluding hydrogens is 403 g/mol. The summed E-state index contributed by atoms with van der Waals surface area (Å²) in [7, 11) is 0. The summed E-state index contributed by atoms with van der Waals surface area (Å²) in [5, 5.41) is 3.28. The molecule has 0 aliphatic heterocycles. The summed E-state index contributed by atoms with van der Waals surface area (Å²) in [6.45, 7) is 0.792. The second-order valence-electron chi connectivity index (χ2n) is 6.90. The number of nitrogens with zero attached hydrogens (tertiary/aromatic N) is 3. The van der Waals surface area contributed by atoms with Crippen LogP contribution in [0.1, 0.15) is 28.2 Å². The largest absolute Gasteiger partial charge is 0.352 e. The van der Waals surface area contributed by atoms with Crippen LogP contribution in [0.25, 0.3) is 11.0 Å². The summed E-state index contributed by atoms with van der Waals surface area (Å²) in [6.07, 6.45) is 4.49. The molecular formula is C23H20ClFN4O. The molecule has 0 bridgehead atoms. The van der Waals surface area contributed by atoms with E-state index in [-0.39, 0.29) is 11.7 Å². The Labute approximate surface area is 178 Å². The zero-order valence-corrected chi connectivity index (χ0v) is 16.9. The summed E-state index contributed by atoms with van der Waals surface area (Å²) in [4.78, 5) is 20.8. The van der Waals surface area contributed by atoms with Gasteiger partial charge in [0.2, 0.25) is 0 Å². The maximum Gasteiger partial charge on any atom is 0.252 e. The van der Waals surface area contributed by atoms with E-state index < -0.39 is 0 Å². The quantitative estimate of drug-likeness (QED) is 0.441. The highest BCUT2D eigenvalue weighted by Crippen LogP contribution is 2.24. The third-order valence-corrected chi connectivity index (χ3v) is 5.25. The molecule has 0 saturated carbocycles. The molecule has 1 amide bonds. The van der Waals surface area contributed by atoms with Crippen LogP contribution in [0.15, 0.2) is 67.0 Å². The first kappa shape index (κ1) is 20.0. The maximum atomic E-state index is 14.4. The highest BCUT2D eigenvalue weighted by atomic mass is 35.5. The monoisotopic (exact) mass is 422 g/mol. The number of halogens is 2. The van der Waals surface area contributed by atoms with Crippen molar-refractivity contribution in [2.75, 3.05) is 6.54 Å². The van der Waals surface area contributed by atoms with Gasteiger partial charge in [0.05, 0.1) is 23.1 Å². The van der Waals surface area contributed by atoms with Crippen LogP contribution in [-0.2, 0) is 13.0 Å². The minimum atomic E-state index is -0.338. The Kier molecular flexibility index (Phi) is 6.05. The van der Waals surface area contributed by atoms with Crippen molar-refractivity contribution < 1.29 is 9.18 Å². The first-order valence-corrected chi connectivity index (χ1v) is 10.1. The fraction of sp³-hybridized carbons (Fsp3) is 0.174. The first-order valence-electron chi connectivity index (χ1n) is 9.69. The minimum absolute atomic E-state index is 0.158. The van der Waals surface area contributed by atoms with Gasteiger partial charge in [-0.05, 0) is 42.8 Å². The summed E-state index contributed by atoms with van der Waals surface area (Å²) < 4.78 is 16.3. The predicted molar refractivity (Wildman–Crippen MR) is 115 cm³/mol. The van der Waals surface area contributed by atoms with Gasteiger partial charge in [0, 0.05) is 35.9 Å². The first-order chi connectivity index (χ1) is 14.6. The lowest BCUT2D eigenvalue weighted by molar-refractivity contribution is 0.0952. The van der Waals surface area contributed by atoms with Gasteiger partial charge < -0.3 is 9.88 Å². The number of hydrogen-bond acceptors (Lipinski definition) is 3. The third-order valence-electron chi connectivity index (χ3n) is 4.90. The molecule has 152 valence electrons. The van der Waals surface area contributed by atoms with Crippen molar-refractivity contribution in [2.45, 2.75) is 19.4 Å². The zero-order chi connectivity index (χ0) is 20.9. The maximum absolute atomic E-state index is 14.4. The van der Waals surface area contributed by atoms with Crippen LogP contribution in [0.3, 0.4) is 0 Å². The van der Waals surface area contributed by atoms with Gasteiger partial charge in [0.1, 0.15) is 11.6 Å². The topological polar surface area (TPSA) is 59.8 Å². The van der Waals surface area contributed by atoms with E-state index in [1.54, 1.807) is 30.5 Å². The van der Waals surface area contributed by atoms with E-state index in [9.17, 15) is 9.18 Å². The second-order valence-corrected chi connectivity index (χ2v) is 7.31. The zero-order valence-electron chi connectivity index (χ0n) is 16.2. The van der Waals surface area contributed by atoms with Crippen molar-refractivity contribution in [1.82, 2.24) is 19.9 Å². The molecule has 4 rings (SSSR count). The Hall–Kier alpha value is -3.25. The summed E-state index contributed by atoms with van der Waals surface area (Å²) in [6, 6.07) is 15.9. The van der Waals surface area contributed by atoms with E-state index in [0.717, 1.165) is 16.9 Å². The Morgan fingerprint density at radius 3 is 2.77 bits per heavy atom. The van der Waals surface area contributed by atoms with Gasteiger partial charge in [-0.2, -0.15) is 0 Å². The van der Waals surface area contributed by atoms with Crippen molar-refractivity contribution >= 4 is 28.5 Å². The van der Waals surface area contributed by atoms with Crippen LogP contribution in [0.4, 0.5) is 4.39 Å². The lowest BCUT2D eigenvalue weighted by Crippen LogP contribution is -2.25. The third kappa shape index (κ3) is 4.33. The van der Waals surface area contributed by atoms with Crippen LogP contribution in [-0.4, -0.2) is 27.0 Å². The molecule has 0 fully saturated rings. The summed E-state index contributed by atoms with van der Waals surface area (Å²) in [5.41, 5.74) is 2.73. The van der Waals surface area contributed by atoms with Crippen LogP contribution in [0.5, 0.6) is 0 Å². The normalized spacial score (nSPS) is 11.0. The molecule has 4 aromatic rings. The van der Waals surface area contributed by atoms with Gasteiger partial charge in [0.15, 0.2) is 0 Å². The molecule has 0 spiro atoms. The van der Waals surface area contributed by atoms with Crippen molar-refractivity contribution in [3.8, 4) is 0 Å². The highest BCUT2D eigenvalue weighted by molar-refractivity contribution is 6.31. The predicted octanol–water partition coefficient (Wildman–Crippen LogP) is 4.63. The molecule has 7 heteroatoms. The highest BCUT2D eigenvalue weighted by Gasteiger charge is 2.15. The smallest absolute Gasteiger partial charge is 0.252 e. The molecule has 2 aromatic carbocycles. The average molecular weight is 423 g/mol. The molecule has 1 N–H and O–H groups in total. The van der Waals surface area contributed by atoms with E-state index in [1.165, 1.54) is 12.3 Å². The van der Waals surface area contributed by atoms with E-state index in [2.05, 4.69) is 10.3 Å². The van der Waals surface area contributed by atoms with Gasteiger partial charge in [-0.15, -0.1) is 0 Å². The number of para-hydroxylation sites is 2. The number of benzene rings is 2. The number of rotatable bonds is 7. The Morgan fingerprint density at radius 1 is 1.10 bits per heavy atom. The van der Waals surface area contributed by atoms with E-state index in [1.807, 2.05) is 28.8 Å². The molecule has 0 atom stereocenters. The average Bonchev–Trinajstić information content (AvgIpc) is 3.11. The summed E-state index contributed by atoms with van der Waals surface area (Å²) in [5.74, 6) is 0.329. The van der Waals surface area contributed by atoms with E-state index in [4.69, 9.17) is 16.6 Å². The Bertz CT molecular complexity index is 1160. The van der Waals surface area contributed by atoms with Crippen molar-refractivity contribution in [2.24, 2.45) is 0 Å². The molecule has 0 saturated heterocycles. The lowest BCUT2D eigenvalue weighted by atomic mass is 10.2. The van der Waals surface area contributed by atoms with E-state index >= 15 is 0 Å². The summed E-state index contributed by atoms with van der Waals surface area (Å²) >= 11 is 6.24. The van der Waals surface area contributed by atoms with Crippen molar-refractivity contribution in [3.63, 3.8) is 0 Å². The number of aryl methyl sites for hydroxylation is 1. The van der Waals surface area contributed by atoms with Gasteiger partial charge in [-0.25, -0.2) is 9.37 Å². The number of amides is 1. The van der Waals surface area contributed by atoms with Gasteiger partial charge in [0.25, 0.3) is 5.91 Å². The van der Waals surface area contributed by atoms with Crippen molar-refractivity contribution in [1.29, 1.82) is 0 Å². The SMILES string of the molecule is O=C(NCCCc1nc2ccccc2n1Cc1c(F)cccc1Cl)c1cccnc1. The van der Waals surface area contributed by atoms with Crippen molar-refractivity contribution in [3.05, 3.63) is 94.8 Å². The molecule has 2 aromatic heterocycles. The lowest BCUT2D eigenvalue weighted by Gasteiger charge is -2.12. The number of aromatic nitrogens is 3. The van der Waals surface area contributed by atoms with Crippen LogP contribution < -0.4 is 5.32 Å². The van der Waals surface area contributed by atoms with E-state index in [0.29, 0.717) is 42.1 Å². The number of carbonyl (C=O) groups excluding carboxylic acids is 1. The minimum Gasteiger partial charge on any atom is -0.352 e. The molecule has 0 aliphatic rings. The molecule has 0 aliphatic carbocycles. The van der Waals surface area contributed by atoms with Crippen LogP contribution >= 0.6 is 11.6 Å². The van der Waals surface area contributed by atoms with Gasteiger partial charge in [-0.1, -0.05) is 29.8 Å². The number of carbonyl (C=O) groups is 1. The fourth-order valence-electron chi connectivity index (χ4n) is 3.38. The standard InChI is InChI=1S/C23H20ClFN4O/c24-18-7-3-8-19(25)17(18)15-29-21-10-2-1-9-20(21)28-22(29)11-5-13-27-23(30)16-6-4-12-26-14-16/h1-4,6-10,12,14H,5,11,13,15H2,(H,27,30). The number of imidazole rings is 1. The number of hydrogen-bond donors (Lipinski definition) is 1. The Balaban J connectivity index is 1.50. The van der Waals surface area contributed by atoms with Crippen LogP contribution in [0, 0.1) is 5.82 Å². The molecule has 30 heavy (non-hydrogen) atoms.